The number of tetrazole rings is 1. The number of carbonyl (C=O) groups excluding carboxylic acids is 1. The predicted octanol–water partition coefficient (Wildman–Crippen LogP) is 1.82. The number of nitrogens with one attached hydrogen (secondary N) is 1. The Morgan fingerprint density at radius 2 is 2.00 bits per heavy atom. The molecule has 2 rings (SSSR count). The molecule has 0 saturated carbocycles. The molecule has 0 unspecified atom stereocenters. The molecular formula is C12H14N4O2. The van der Waals surface area contributed by atoms with Crippen molar-refractivity contribution in [1.29, 1.82) is 0 Å². The molecule has 1 aromatic carbocycles. The summed E-state index contributed by atoms with van der Waals surface area (Å²) in [4.78, 5) is 11.9. The van der Waals surface area contributed by atoms with Crippen molar-refractivity contribution in [3.8, 4) is 17.1 Å². The van der Waals surface area contributed by atoms with Crippen molar-refractivity contribution in [2.75, 3.05) is 0 Å². The molecule has 1 aromatic heterocycles. The summed E-state index contributed by atoms with van der Waals surface area (Å²) in [6.45, 7) is 5.40. The zero-order valence-electron chi connectivity index (χ0n) is 10.5. The number of rotatable bonds is 2. The highest BCUT2D eigenvalue weighted by Gasteiger charge is 2.25. The van der Waals surface area contributed by atoms with Gasteiger partial charge in [0.2, 0.25) is 0 Å². The van der Waals surface area contributed by atoms with E-state index in [1.807, 2.05) is 6.07 Å². The van der Waals surface area contributed by atoms with Crippen LogP contribution in [-0.2, 0) is 4.79 Å². The van der Waals surface area contributed by atoms with Gasteiger partial charge in [-0.2, -0.15) is 0 Å². The molecule has 94 valence electrons. The maximum atomic E-state index is 11.9. The second-order valence-corrected chi connectivity index (χ2v) is 4.89. The van der Waals surface area contributed by atoms with E-state index in [1.54, 1.807) is 39.0 Å². The third kappa shape index (κ3) is 2.53. The van der Waals surface area contributed by atoms with E-state index in [1.165, 1.54) is 0 Å². The average molecular weight is 246 g/mol. The SMILES string of the molecule is CC(C)(C)C(=O)Oc1ccccc1-c1nnn[nH]1. The lowest BCUT2D eigenvalue weighted by atomic mass is 9.97. The molecule has 0 radical (unpaired) electrons. The van der Waals surface area contributed by atoms with Gasteiger partial charge in [-0.3, -0.25) is 4.79 Å². The van der Waals surface area contributed by atoms with Crippen molar-refractivity contribution in [1.82, 2.24) is 20.6 Å². The minimum absolute atomic E-state index is 0.303. The lowest BCUT2D eigenvalue weighted by Gasteiger charge is -2.17. The van der Waals surface area contributed by atoms with Crippen molar-refractivity contribution >= 4 is 5.97 Å². The maximum absolute atomic E-state index is 11.9. The average Bonchev–Trinajstić information content (AvgIpc) is 2.82. The summed E-state index contributed by atoms with van der Waals surface area (Å²) in [6.07, 6.45) is 0. The highest BCUT2D eigenvalue weighted by Crippen LogP contribution is 2.28. The van der Waals surface area contributed by atoms with E-state index in [2.05, 4.69) is 20.6 Å². The zero-order valence-corrected chi connectivity index (χ0v) is 10.5. The van der Waals surface area contributed by atoms with E-state index in [0.29, 0.717) is 17.1 Å². The van der Waals surface area contributed by atoms with Crippen LogP contribution in [0.15, 0.2) is 24.3 Å². The van der Waals surface area contributed by atoms with Crippen molar-refractivity contribution in [3.05, 3.63) is 24.3 Å². The van der Waals surface area contributed by atoms with Crippen LogP contribution >= 0.6 is 0 Å². The Labute approximate surface area is 104 Å². The Morgan fingerprint density at radius 1 is 1.28 bits per heavy atom. The van der Waals surface area contributed by atoms with Crippen LogP contribution in [-0.4, -0.2) is 26.6 Å². The van der Waals surface area contributed by atoms with E-state index in [-0.39, 0.29) is 5.97 Å². The van der Waals surface area contributed by atoms with Gasteiger partial charge in [-0.25, -0.2) is 5.10 Å². The Hall–Kier alpha value is -2.24. The largest absolute Gasteiger partial charge is 0.425 e. The molecule has 0 aliphatic carbocycles. The fourth-order valence-corrected chi connectivity index (χ4v) is 1.28. The number of esters is 1. The summed E-state index contributed by atoms with van der Waals surface area (Å²) in [6, 6.07) is 7.11. The van der Waals surface area contributed by atoms with E-state index < -0.39 is 5.41 Å². The fourth-order valence-electron chi connectivity index (χ4n) is 1.28. The third-order valence-corrected chi connectivity index (χ3v) is 2.30. The summed E-state index contributed by atoms with van der Waals surface area (Å²) in [5.74, 6) is 0.603. The fraction of sp³-hybridized carbons (Fsp3) is 0.333. The van der Waals surface area contributed by atoms with E-state index >= 15 is 0 Å². The van der Waals surface area contributed by atoms with E-state index in [4.69, 9.17) is 4.74 Å². The topological polar surface area (TPSA) is 80.8 Å². The molecule has 18 heavy (non-hydrogen) atoms. The minimum atomic E-state index is -0.563. The first kappa shape index (κ1) is 12.2. The number of H-pyrrole nitrogens is 1. The number of benzene rings is 1. The molecule has 1 N–H and O–H groups in total. The molecular weight excluding hydrogens is 232 g/mol. The monoisotopic (exact) mass is 246 g/mol. The normalized spacial score (nSPS) is 11.3. The summed E-state index contributed by atoms with van der Waals surface area (Å²) in [5.41, 5.74) is 0.0901. The van der Waals surface area contributed by atoms with Crippen molar-refractivity contribution in [2.45, 2.75) is 20.8 Å². The molecule has 1 heterocycles. The summed E-state index contributed by atoms with van der Waals surface area (Å²) < 4.78 is 5.38. The van der Waals surface area contributed by atoms with Crippen molar-refractivity contribution in [2.24, 2.45) is 5.41 Å². The number of carbonyl (C=O) groups is 1. The Balaban J connectivity index is 2.32. The van der Waals surface area contributed by atoms with Crippen molar-refractivity contribution in [3.63, 3.8) is 0 Å². The molecule has 0 amide bonds. The third-order valence-electron chi connectivity index (χ3n) is 2.30. The summed E-state index contributed by atoms with van der Waals surface area (Å²) in [7, 11) is 0. The quantitative estimate of drug-likeness (QED) is 0.645. The van der Waals surface area contributed by atoms with Gasteiger partial charge in [0.25, 0.3) is 0 Å². The van der Waals surface area contributed by atoms with Crippen LogP contribution in [0.4, 0.5) is 0 Å². The highest BCUT2D eigenvalue weighted by atomic mass is 16.5. The first-order valence-electron chi connectivity index (χ1n) is 5.54. The number of para-hydroxylation sites is 1. The van der Waals surface area contributed by atoms with Crippen LogP contribution in [0, 0.1) is 5.41 Å². The second kappa shape index (κ2) is 4.56. The standard InChI is InChI=1S/C12H14N4O2/c1-12(2,3)11(17)18-9-7-5-4-6-8(9)10-13-15-16-14-10/h4-7H,1-3H3,(H,13,14,15,16). The van der Waals surface area contributed by atoms with Gasteiger partial charge in [0.1, 0.15) is 5.75 Å². The number of hydrogen-bond acceptors (Lipinski definition) is 5. The molecule has 0 aliphatic heterocycles. The molecule has 2 aromatic rings. The van der Waals surface area contributed by atoms with E-state index in [9.17, 15) is 4.79 Å². The van der Waals surface area contributed by atoms with Gasteiger partial charge in [-0.15, -0.1) is 5.10 Å². The Morgan fingerprint density at radius 3 is 2.61 bits per heavy atom. The highest BCUT2D eigenvalue weighted by molar-refractivity contribution is 5.80. The smallest absolute Gasteiger partial charge is 0.316 e. The van der Waals surface area contributed by atoms with E-state index in [0.717, 1.165) is 0 Å². The summed E-state index contributed by atoms with van der Waals surface area (Å²) in [5, 5.41) is 13.5. The number of hydrogen-bond donors (Lipinski definition) is 1. The Kier molecular flexibility index (Phi) is 3.10. The summed E-state index contributed by atoms with van der Waals surface area (Å²) >= 11 is 0. The number of ether oxygens (including phenoxy) is 1. The number of aromatic amines is 1. The van der Waals surface area contributed by atoms with Crippen molar-refractivity contribution < 1.29 is 9.53 Å². The molecule has 0 saturated heterocycles. The molecule has 0 aliphatic rings. The number of aromatic nitrogens is 4. The molecule has 6 nitrogen and oxygen atoms in total. The van der Waals surface area contributed by atoms with Gasteiger partial charge < -0.3 is 4.74 Å². The van der Waals surface area contributed by atoms with Gasteiger partial charge >= 0.3 is 5.97 Å². The minimum Gasteiger partial charge on any atom is -0.425 e. The maximum Gasteiger partial charge on any atom is 0.316 e. The van der Waals surface area contributed by atoms with Gasteiger partial charge in [0, 0.05) is 0 Å². The van der Waals surface area contributed by atoms with Crippen LogP contribution in [0.2, 0.25) is 0 Å². The van der Waals surface area contributed by atoms with Crippen LogP contribution < -0.4 is 4.74 Å². The molecule has 6 heteroatoms. The lowest BCUT2D eigenvalue weighted by molar-refractivity contribution is -0.142. The van der Waals surface area contributed by atoms with Gasteiger partial charge in [-0.05, 0) is 43.3 Å². The van der Waals surface area contributed by atoms with Crippen LogP contribution in [0.25, 0.3) is 11.4 Å². The molecule has 0 atom stereocenters. The van der Waals surface area contributed by atoms with Crippen LogP contribution in [0.1, 0.15) is 20.8 Å². The molecule has 0 fully saturated rings. The predicted molar refractivity (Wildman–Crippen MR) is 64.7 cm³/mol. The lowest BCUT2D eigenvalue weighted by Crippen LogP contribution is -2.25. The Bertz CT molecular complexity index is 543. The second-order valence-electron chi connectivity index (χ2n) is 4.89. The molecule has 0 bridgehead atoms. The van der Waals surface area contributed by atoms with Crippen LogP contribution in [0.3, 0.4) is 0 Å². The molecule has 0 spiro atoms. The van der Waals surface area contributed by atoms with Gasteiger partial charge in [-0.1, -0.05) is 12.1 Å². The first-order chi connectivity index (χ1) is 8.48. The zero-order chi connectivity index (χ0) is 13.2. The first-order valence-corrected chi connectivity index (χ1v) is 5.54. The van der Waals surface area contributed by atoms with Crippen LogP contribution in [0.5, 0.6) is 5.75 Å². The van der Waals surface area contributed by atoms with Gasteiger partial charge in [0.15, 0.2) is 5.82 Å². The van der Waals surface area contributed by atoms with Gasteiger partial charge in [0.05, 0.1) is 11.0 Å². The number of nitrogens with zero attached hydrogens (tertiary/aromatic N) is 3.